The van der Waals surface area contributed by atoms with Crippen molar-refractivity contribution in [1.82, 2.24) is 4.90 Å². The molecule has 1 aliphatic rings. The molecular formula is C12H18N2O. The molecule has 1 aromatic rings. The van der Waals surface area contributed by atoms with Crippen LogP contribution < -0.4 is 5.73 Å². The van der Waals surface area contributed by atoms with E-state index in [2.05, 4.69) is 29.2 Å². The highest BCUT2D eigenvalue weighted by Crippen LogP contribution is 2.29. The molecule has 1 aromatic carbocycles. The van der Waals surface area contributed by atoms with Crippen molar-refractivity contribution in [2.75, 3.05) is 26.2 Å². The van der Waals surface area contributed by atoms with E-state index < -0.39 is 0 Å². The van der Waals surface area contributed by atoms with Gasteiger partial charge in [0.15, 0.2) is 0 Å². The Labute approximate surface area is 90.5 Å². The standard InChI is InChI=1S/C12H18N2O/c13-7-12(10-15)8-14(9-12)6-11-4-2-1-3-5-11/h1-5,15H,6-10,13H2. The van der Waals surface area contributed by atoms with Gasteiger partial charge in [-0.3, -0.25) is 4.90 Å². The second-order valence-corrected chi connectivity index (χ2v) is 4.49. The minimum absolute atomic E-state index is 0.0330. The summed E-state index contributed by atoms with van der Waals surface area (Å²) < 4.78 is 0. The van der Waals surface area contributed by atoms with Crippen LogP contribution in [0.15, 0.2) is 30.3 Å². The molecule has 0 aromatic heterocycles. The van der Waals surface area contributed by atoms with Crippen LogP contribution in [-0.2, 0) is 6.54 Å². The van der Waals surface area contributed by atoms with Crippen molar-refractivity contribution >= 4 is 0 Å². The molecule has 0 atom stereocenters. The molecule has 1 heterocycles. The monoisotopic (exact) mass is 206 g/mol. The average Bonchev–Trinajstić information content (AvgIpc) is 2.24. The third-order valence-electron chi connectivity index (χ3n) is 3.14. The summed E-state index contributed by atoms with van der Waals surface area (Å²) >= 11 is 0. The van der Waals surface area contributed by atoms with Gasteiger partial charge in [0.25, 0.3) is 0 Å². The summed E-state index contributed by atoms with van der Waals surface area (Å²) in [5, 5.41) is 9.21. The van der Waals surface area contributed by atoms with Gasteiger partial charge in [-0.25, -0.2) is 0 Å². The first-order valence-corrected chi connectivity index (χ1v) is 5.35. The van der Waals surface area contributed by atoms with Gasteiger partial charge in [0.1, 0.15) is 0 Å². The molecule has 0 bridgehead atoms. The van der Waals surface area contributed by atoms with Gasteiger partial charge in [0.2, 0.25) is 0 Å². The number of rotatable bonds is 4. The number of nitrogens with two attached hydrogens (primary N) is 1. The predicted octanol–water partition coefficient (Wildman–Crippen LogP) is 0.440. The molecule has 0 spiro atoms. The average molecular weight is 206 g/mol. The summed E-state index contributed by atoms with van der Waals surface area (Å²) in [7, 11) is 0. The van der Waals surface area contributed by atoms with E-state index in [1.54, 1.807) is 0 Å². The van der Waals surface area contributed by atoms with Gasteiger partial charge >= 0.3 is 0 Å². The fourth-order valence-electron chi connectivity index (χ4n) is 2.15. The number of nitrogens with zero attached hydrogens (tertiary/aromatic N) is 1. The molecule has 0 aliphatic carbocycles. The largest absolute Gasteiger partial charge is 0.396 e. The molecular weight excluding hydrogens is 188 g/mol. The van der Waals surface area contributed by atoms with E-state index in [-0.39, 0.29) is 12.0 Å². The molecule has 2 rings (SSSR count). The third-order valence-corrected chi connectivity index (χ3v) is 3.14. The molecule has 1 fully saturated rings. The molecule has 0 unspecified atom stereocenters. The topological polar surface area (TPSA) is 49.5 Å². The Balaban J connectivity index is 1.86. The van der Waals surface area contributed by atoms with Crippen LogP contribution in [0.25, 0.3) is 0 Å². The van der Waals surface area contributed by atoms with Crippen LogP contribution in [-0.4, -0.2) is 36.2 Å². The van der Waals surface area contributed by atoms with Crippen LogP contribution in [0, 0.1) is 5.41 Å². The van der Waals surface area contributed by atoms with Gasteiger partial charge in [-0.05, 0) is 5.56 Å². The van der Waals surface area contributed by atoms with Gasteiger partial charge in [0, 0.05) is 31.6 Å². The lowest BCUT2D eigenvalue weighted by atomic mass is 9.80. The highest BCUT2D eigenvalue weighted by molar-refractivity contribution is 5.15. The maximum Gasteiger partial charge on any atom is 0.0524 e. The minimum atomic E-state index is -0.0330. The summed E-state index contributed by atoms with van der Waals surface area (Å²) in [5.41, 5.74) is 6.94. The number of likely N-dealkylation sites (tertiary alicyclic amines) is 1. The lowest BCUT2D eigenvalue weighted by molar-refractivity contribution is -0.0389. The Hall–Kier alpha value is -0.900. The van der Waals surface area contributed by atoms with E-state index in [1.807, 2.05) is 6.07 Å². The fraction of sp³-hybridized carbons (Fsp3) is 0.500. The molecule has 3 heteroatoms. The van der Waals surface area contributed by atoms with E-state index in [4.69, 9.17) is 5.73 Å². The predicted molar refractivity (Wildman–Crippen MR) is 60.3 cm³/mol. The maximum absolute atomic E-state index is 9.21. The van der Waals surface area contributed by atoms with Crippen LogP contribution in [0.2, 0.25) is 0 Å². The van der Waals surface area contributed by atoms with E-state index in [1.165, 1.54) is 5.56 Å². The zero-order valence-electron chi connectivity index (χ0n) is 8.89. The highest BCUT2D eigenvalue weighted by atomic mass is 16.3. The first kappa shape index (κ1) is 10.6. The zero-order valence-corrected chi connectivity index (χ0v) is 8.89. The van der Waals surface area contributed by atoms with Crippen molar-refractivity contribution in [2.24, 2.45) is 11.1 Å². The molecule has 3 N–H and O–H groups in total. The number of hydrogen-bond acceptors (Lipinski definition) is 3. The van der Waals surface area contributed by atoms with Crippen LogP contribution in [0.1, 0.15) is 5.56 Å². The maximum atomic E-state index is 9.21. The molecule has 82 valence electrons. The SMILES string of the molecule is NCC1(CO)CN(Cc2ccccc2)C1. The molecule has 1 saturated heterocycles. The number of hydrogen-bond donors (Lipinski definition) is 2. The van der Waals surface area contributed by atoms with Crippen molar-refractivity contribution in [3.8, 4) is 0 Å². The quantitative estimate of drug-likeness (QED) is 0.751. The minimum Gasteiger partial charge on any atom is -0.396 e. The lowest BCUT2D eigenvalue weighted by Gasteiger charge is -2.48. The number of benzene rings is 1. The second kappa shape index (κ2) is 4.31. The molecule has 0 amide bonds. The molecule has 1 aliphatic heterocycles. The Bertz CT molecular complexity index is 301. The first-order valence-electron chi connectivity index (χ1n) is 5.35. The number of aliphatic hydroxyl groups is 1. The summed E-state index contributed by atoms with van der Waals surface area (Å²) in [6.07, 6.45) is 0. The Morgan fingerprint density at radius 2 is 1.93 bits per heavy atom. The van der Waals surface area contributed by atoms with Crippen LogP contribution in [0.4, 0.5) is 0 Å². The van der Waals surface area contributed by atoms with Crippen molar-refractivity contribution in [1.29, 1.82) is 0 Å². The Morgan fingerprint density at radius 3 is 2.47 bits per heavy atom. The van der Waals surface area contributed by atoms with Gasteiger partial charge in [-0.1, -0.05) is 30.3 Å². The van der Waals surface area contributed by atoms with Gasteiger partial charge < -0.3 is 10.8 Å². The summed E-state index contributed by atoms with van der Waals surface area (Å²) in [6, 6.07) is 10.4. The van der Waals surface area contributed by atoms with E-state index in [0.29, 0.717) is 6.54 Å². The molecule has 15 heavy (non-hydrogen) atoms. The summed E-state index contributed by atoms with van der Waals surface area (Å²) in [6.45, 7) is 3.57. The van der Waals surface area contributed by atoms with Crippen molar-refractivity contribution in [3.05, 3.63) is 35.9 Å². The normalized spacial score (nSPS) is 19.9. The Kier molecular flexibility index (Phi) is 3.05. The summed E-state index contributed by atoms with van der Waals surface area (Å²) in [5.74, 6) is 0. The first-order chi connectivity index (χ1) is 7.28. The van der Waals surface area contributed by atoms with E-state index in [9.17, 15) is 5.11 Å². The second-order valence-electron chi connectivity index (χ2n) is 4.49. The number of aliphatic hydroxyl groups excluding tert-OH is 1. The van der Waals surface area contributed by atoms with E-state index >= 15 is 0 Å². The van der Waals surface area contributed by atoms with Gasteiger partial charge in [-0.15, -0.1) is 0 Å². The van der Waals surface area contributed by atoms with E-state index in [0.717, 1.165) is 19.6 Å². The smallest absolute Gasteiger partial charge is 0.0524 e. The third kappa shape index (κ3) is 2.20. The lowest BCUT2D eigenvalue weighted by Crippen LogP contribution is -2.61. The molecule has 3 nitrogen and oxygen atoms in total. The zero-order chi connectivity index (χ0) is 10.7. The van der Waals surface area contributed by atoms with Gasteiger partial charge in [0.05, 0.1) is 6.61 Å². The van der Waals surface area contributed by atoms with Crippen molar-refractivity contribution in [2.45, 2.75) is 6.54 Å². The van der Waals surface area contributed by atoms with Crippen LogP contribution in [0.5, 0.6) is 0 Å². The molecule has 0 radical (unpaired) electrons. The van der Waals surface area contributed by atoms with Crippen LogP contribution >= 0.6 is 0 Å². The Morgan fingerprint density at radius 1 is 1.27 bits per heavy atom. The fourth-order valence-corrected chi connectivity index (χ4v) is 2.15. The van der Waals surface area contributed by atoms with Crippen molar-refractivity contribution in [3.63, 3.8) is 0 Å². The highest BCUT2D eigenvalue weighted by Gasteiger charge is 2.40. The van der Waals surface area contributed by atoms with Crippen LogP contribution in [0.3, 0.4) is 0 Å². The molecule has 0 saturated carbocycles. The summed E-state index contributed by atoms with van der Waals surface area (Å²) in [4.78, 5) is 2.32. The van der Waals surface area contributed by atoms with Gasteiger partial charge in [-0.2, -0.15) is 0 Å². The van der Waals surface area contributed by atoms with Crippen molar-refractivity contribution < 1.29 is 5.11 Å².